The van der Waals surface area contributed by atoms with E-state index < -0.39 is 5.41 Å². The van der Waals surface area contributed by atoms with Crippen molar-refractivity contribution < 1.29 is 9.47 Å². The van der Waals surface area contributed by atoms with E-state index in [1.54, 1.807) is 31.3 Å². The molecule has 8 heteroatoms. The van der Waals surface area contributed by atoms with Gasteiger partial charge < -0.3 is 9.47 Å². The lowest BCUT2D eigenvalue weighted by atomic mass is 9.75. The van der Waals surface area contributed by atoms with Gasteiger partial charge in [-0.15, -0.1) is 10.2 Å². The Morgan fingerprint density at radius 2 is 1.89 bits per heavy atom. The fourth-order valence-electron chi connectivity index (χ4n) is 4.82. The molecule has 0 amide bonds. The molecule has 0 unspecified atom stereocenters. The number of pyridine rings is 2. The normalized spacial score (nSPS) is 15.1. The van der Waals surface area contributed by atoms with Crippen molar-refractivity contribution in [1.29, 1.82) is 5.26 Å². The lowest BCUT2D eigenvalue weighted by molar-refractivity contribution is 0.0675. The van der Waals surface area contributed by atoms with Gasteiger partial charge in [0.2, 0.25) is 0 Å². The number of nitriles is 1. The van der Waals surface area contributed by atoms with Gasteiger partial charge in [0.15, 0.2) is 11.5 Å². The first kappa shape index (κ1) is 22.5. The van der Waals surface area contributed by atoms with Gasteiger partial charge in [-0.25, -0.2) is 0 Å². The summed E-state index contributed by atoms with van der Waals surface area (Å²) in [4.78, 5) is 6.39. The van der Waals surface area contributed by atoms with Crippen LogP contribution < -0.4 is 4.74 Å². The Labute approximate surface area is 212 Å². The molecule has 0 aliphatic carbocycles. The average molecular weight is 494 g/mol. The molecule has 1 fully saturated rings. The second-order valence-corrected chi connectivity index (χ2v) is 9.93. The van der Waals surface area contributed by atoms with Crippen LogP contribution in [-0.2, 0) is 10.2 Å². The quantitative estimate of drug-likeness (QED) is 0.312. The summed E-state index contributed by atoms with van der Waals surface area (Å²) < 4.78 is 13.1. The van der Waals surface area contributed by atoms with E-state index in [0.29, 0.717) is 24.8 Å². The number of hydrogen-bond donors (Lipinski definition) is 0. The van der Waals surface area contributed by atoms with Gasteiger partial charge in [-0.2, -0.15) is 5.26 Å². The molecular formula is C28H23N5O2S. The second-order valence-electron chi connectivity index (χ2n) is 8.78. The average Bonchev–Trinajstić information content (AvgIpc) is 3.38. The van der Waals surface area contributed by atoms with E-state index >= 15 is 0 Å². The molecule has 1 aliphatic heterocycles. The number of ether oxygens (including phenoxy) is 2. The third-order valence-electron chi connectivity index (χ3n) is 6.77. The summed E-state index contributed by atoms with van der Waals surface area (Å²) in [6.07, 6.45) is 4.87. The molecule has 3 aromatic heterocycles. The van der Waals surface area contributed by atoms with Gasteiger partial charge in [0.05, 0.1) is 35.9 Å². The first-order chi connectivity index (χ1) is 17.7. The van der Waals surface area contributed by atoms with Gasteiger partial charge in [0.25, 0.3) is 0 Å². The van der Waals surface area contributed by atoms with E-state index in [9.17, 15) is 5.26 Å². The molecule has 0 saturated carbocycles. The number of nitrogens with zero attached hydrogens (tertiary/aromatic N) is 5. The Hall–Kier alpha value is -3.93. The minimum atomic E-state index is -0.470. The lowest BCUT2D eigenvalue weighted by Crippen LogP contribution is -2.32. The molecule has 5 aromatic rings. The Morgan fingerprint density at radius 1 is 1.03 bits per heavy atom. The van der Waals surface area contributed by atoms with Crippen LogP contribution in [0.1, 0.15) is 18.4 Å². The standard InChI is InChI=1S/C28H23N5O2S/c1-34-25-17-30-12-9-23(25)27-32-31-26-8-5-19-15-22(6-7-24(19)33(26)27)36-21-4-2-3-20(16-21)28(18-29)10-13-35-14-11-28/h2-9,12,15-17H,10-11,13-14H2,1H3. The highest BCUT2D eigenvalue weighted by Gasteiger charge is 2.34. The molecule has 0 bridgehead atoms. The SMILES string of the molecule is COc1cnccc1-c1nnc2ccc3cc(Sc4cccc(C5(C#N)CCOCC5)c4)ccc3n12. The predicted molar refractivity (Wildman–Crippen MR) is 138 cm³/mol. The van der Waals surface area contributed by atoms with Crippen LogP contribution in [0, 0.1) is 11.3 Å². The van der Waals surface area contributed by atoms with Crippen molar-refractivity contribution in [3.63, 3.8) is 0 Å². The molecule has 0 N–H and O–H groups in total. The number of fused-ring (bicyclic) bond motifs is 3. The molecule has 1 saturated heterocycles. The van der Waals surface area contributed by atoms with Crippen molar-refractivity contribution in [2.24, 2.45) is 0 Å². The van der Waals surface area contributed by atoms with Crippen LogP contribution in [0.5, 0.6) is 5.75 Å². The Balaban J connectivity index is 1.37. The molecule has 178 valence electrons. The van der Waals surface area contributed by atoms with Gasteiger partial charge in [-0.3, -0.25) is 9.38 Å². The first-order valence-electron chi connectivity index (χ1n) is 11.7. The van der Waals surface area contributed by atoms with Crippen molar-refractivity contribution in [2.45, 2.75) is 28.0 Å². The molecular weight excluding hydrogens is 470 g/mol. The van der Waals surface area contributed by atoms with E-state index in [-0.39, 0.29) is 0 Å². The molecule has 0 atom stereocenters. The second kappa shape index (κ2) is 9.26. The summed E-state index contributed by atoms with van der Waals surface area (Å²) in [5, 5.41) is 19.9. The highest BCUT2D eigenvalue weighted by molar-refractivity contribution is 7.99. The largest absolute Gasteiger partial charge is 0.494 e. The van der Waals surface area contributed by atoms with Gasteiger partial charge in [0.1, 0.15) is 5.75 Å². The van der Waals surface area contributed by atoms with E-state index in [1.807, 2.05) is 22.6 Å². The van der Waals surface area contributed by atoms with Gasteiger partial charge in [0, 0.05) is 29.2 Å². The fraction of sp³-hybridized carbons (Fsp3) is 0.214. The molecule has 1 aliphatic rings. The van der Waals surface area contributed by atoms with E-state index in [0.717, 1.165) is 50.3 Å². The number of rotatable bonds is 5. The third kappa shape index (κ3) is 3.87. The van der Waals surface area contributed by atoms with Crippen LogP contribution in [-0.4, -0.2) is 39.9 Å². The Kier molecular flexibility index (Phi) is 5.80. The van der Waals surface area contributed by atoms with Crippen molar-refractivity contribution >= 4 is 28.3 Å². The summed E-state index contributed by atoms with van der Waals surface area (Å²) >= 11 is 1.69. The van der Waals surface area contributed by atoms with E-state index in [1.165, 1.54) is 0 Å². The molecule has 6 rings (SSSR count). The molecule has 36 heavy (non-hydrogen) atoms. The van der Waals surface area contributed by atoms with Crippen molar-refractivity contribution in [3.05, 3.63) is 78.6 Å². The molecule has 7 nitrogen and oxygen atoms in total. The minimum Gasteiger partial charge on any atom is -0.494 e. The topological polar surface area (TPSA) is 85.3 Å². The smallest absolute Gasteiger partial charge is 0.172 e. The highest BCUT2D eigenvalue weighted by atomic mass is 32.2. The molecule has 4 heterocycles. The summed E-state index contributed by atoms with van der Waals surface area (Å²) in [6.45, 7) is 1.25. The fourth-order valence-corrected chi connectivity index (χ4v) is 5.75. The highest BCUT2D eigenvalue weighted by Crippen LogP contribution is 2.38. The van der Waals surface area contributed by atoms with Crippen LogP contribution in [0.3, 0.4) is 0 Å². The summed E-state index contributed by atoms with van der Waals surface area (Å²) in [6, 6.07) is 23.3. The van der Waals surface area contributed by atoms with Gasteiger partial charge in [-0.1, -0.05) is 23.9 Å². The molecule has 2 aromatic carbocycles. The molecule has 0 radical (unpaired) electrons. The lowest BCUT2D eigenvalue weighted by Gasteiger charge is -2.31. The van der Waals surface area contributed by atoms with Gasteiger partial charge in [-0.05, 0) is 72.3 Å². The minimum absolute atomic E-state index is 0.470. The number of methoxy groups -OCH3 is 1. The van der Waals surface area contributed by atoms with Crippen LogP contribution in [0.4, 0.5) is 0 Å². The van der Waals surface area contributed by atoms with Crippen LogP contribution in [0.2, 0.25) is 0 Å². The third-order valence-corrected chi connectivity index (χ3v) is 7.75. The van der Waals surface area contributed by atoms with Gasteiger partial charge >= 0.3 is 0 Å². The van der Waals surface area contributed by atoms with Crippen molar-refractivity contribution in [3.8, 4) is 23.2 Å². The predicted octanol–water partition coefficient (Wildman–Crippen LogP) is 5.68. The Bertz CT molecular complexity index is 1620. The van der Waals surface area contributed by atoms with Crippen molar-refractivity contribution in [1.82, 2.24) is 19.6 Å². The summed E-state index contributed by atoms with van der Waals surface area (Å²) in [5.41, 5.74) is 3.21. The number of hydrogen-bond acceptors (Lipinski definition) is 7. The van der Waals surface area contributed by atoms with Crippen molar-refractivity contribution in [2.75, 3.05) is 20.3 Å². The Morgan fingerprint density at radius 3 is 2.72 bits per heavy atom. The maximum atomic E-state index is 9.96. The first-order valence-corrected chi connectivity index (χ1v) is 12.6. The molecule has 0 spiro atoms. The summed E-state index contributed by atoms with van der Waals surface area (Å²) in [7, 11) is 1.63. The number of aromatic nitrogens is 4. The van der Waals surface area contributed by atoms with Crippen LogP contribution in [0.15, 0.2) is 82.8 Å². The van der Waals surface area contributed by atoms with E-state index in [2.05, 4.69) is 63.7 Å². The zero-order valence-electron chi connectivity index (χ0n) is 19.7. The monoisotopic (exact) mass is 493 g/mol. The summed E-state index contributed by atoms with van der Waals surface area (Å²) in [5.74, 6) is 1.36. The number of benzene rings is 2. The van der Waals surface area contributed by atoms with Crippen LogP contribution >= 0.6 is 11.8 Å². The maximum absolute atomic E-state index is 9.96. The zero-order chi connectivity index (χ0) is 24.5. The zero-order valence-corrected chi connectivity index (χ0v) is 20.5. The maximum Gasteiger partial charge on any atom is 0.172 e. The van der Waals surface area contributed by atoms with Crippen LogP contribution in [0.25, 0.3) is 27.9 Å². The van der Waals surface area contributed by atoms with E-state index in [4.69, 9.17) is 9.47 Å².